The molecule has 0 bridgehead atoms. The topological polar surface area (TPSA) is 74.7 Å². The SMILES string of the molecule is Cc1cc(S(=O)(=O)N2CCC(C)(C(=O)O)C2)c(C)s1. The van der Waals surface area contributed by atoms with Crippen molar-refractivity contribution in [3.05, 3.63) is 15.8 Å². The van der Waals surface area contributed by atoms with Crippen LogP contribution in [0.3, 0.4) is 0 Å². The van der Waals surface area contributed by atoms with Gasteiger partial charge >= 0.3 is 5.97 Å². The molecular formula is C12H17NO4S2. The second-order valence-electron chi connectivity index (χ2n) is 5.23. The molecule has 1 aromatic rings. The number of thiophene rings is 1. The second kappa shape index (κ2) is 4.57. The lowest BCUT2D eigenvalue weighted by molar-refractivity contribution is -0.146. The first-order valence-corrected chi connectivity index (χ1v) is 8.23. The van der Waals surface area contributed by atoms with E-state index in [1.165, 1.54) is 15.6 Å². The van der Waals surface area contributed by atoms with Gasteiger partial charge in [0, 0.05) is 22.8 Å². The Balaban J connectivity index is 2.33. The minimum Gasteiger partial charge on any atom is -0.481 e. The Kier molecular flexibility index (Phi) is 3.49. The second-order valence-corrected chi connectivity index (χ2v) is 8.60. The predicted octanol–water partition coefficient (Wildman–Crippen LogP) is 1.85. The molecule has 1 fully saturated rings. The number of hydrogen-bond acceptors (Lipinski definition) is 4. The Morgan fingerprint density at radius 2 is 2.11 bits per heavy atom. The van der Waals surface area contributed by atoms with Crippen LogP contribution in [0, 0.1) is 19.3 Å². The number of carbonyl (C=O) groups is 1. The molecule has 5 nitrogen and oxygen atoms in total. The summed E-state index contributed by atoms with van der Waals surface area (Å²) in [6.07, 6.45) is 0.351. The predicted molar refractivity (Wildman–Crippen MR) is 72.9 cm³/mol. The van der Waals surface area contributed by atoms with Crippen molar-refractivity contribution in [2.24, 2.45) is 5.41 Å². The molecule has 0 aliphatic carbocycles. The Hall–Kier alpha value is -0.920. The van der Waals surface area contributed by atoms with Gasteiger partial charge in [-0.05, 0) is 33.3 Å². The van der Waals surface area contributed by atoms with Crippen molar-refractivity contribution in [1.82, 2.24) is 4.31 Å². The van der Waals surface area contributed by atoms with E-state index >= 15 is 0 Å². The van der Waals surface area contributed by atoms with Crippen LogP contribution in [0.2, 0.25) is 0 Å². The Morgan fingerprint density at radius 1 is 1.47 bits per heavy atom. The molecule has 19 heavy (non-hydrogen) atoms. The molecule has 0 saturated carbocycles. The summed E-state index contributed by atoms with van der Waals surface area (Å²) in [5, 5.41) is 9.17. The van der Waals surface area contributed by atoms with E-state index in [0.717, 1.165) is 9.75 Å². The van der Waals surface area contributed by atoms with Crippen molar-refractivity contribution in [1.29, 1.82) is 0 Å². The highest BCUT2D eigenvalue weighted by Crippen LogP contribution is 2.35. The monoisotopic (exact) mass is 303 g/mol. The number of rotatable bonds is 3. The third-order valence-electron chi connectivity index (χ3n) is 3.57. The highest BCUT2D eigenvalue weighted by Gasteiger charge is 2.45. The fourth-order valence-electron chi connectivity index (χ4n) is 2.30. The van der Waals surface area contributed by atoms with Crippen LogP contribution in [0.15, 0.2) is 11.0 Å². The van der Waals surface area contributed by atoms with Gasteiger partial charge in [0.15, 0.2) is 0 Å². The van der Waals surface area contributed by atoms with Crippen molar-refractivity contribution in [3.63, 3.8) is 0 Å². The van der Waals surface area contributed by atoms with Gasteiger partial charge < -0.3 is 5.11 Å². The summed E-state index contributed by atoms with van der Waals surface area (Å²) in [5.41, 5.74) is -0.980. The quantitative estimate of drug-likeness (QED) is 0.924. The van der Waals surface area contributed by atoms with Crippen LogP contribution < -0.4 is 0 Å². The van der Waals surface area contributed by atoms with E-state index in [1.807, 2.05) is 6.92 Å². The first kappa shape index (κ1) is 14.5. The molecule has 1 aliphatic heterocycles. The minimum atomic E-state index is -3.57. The van der Waals surface area contributed by atoms with Crippen LogP contribution in [0.25, 0.3) is 0 Å². The molecule has 0 radical (unpaired) electrons. The summed E-state index contributed by atoms with van der Waals surface area (Å²) < 4.78 is 26.3. The number of aliphatic carboxylic acids is 1. The maximum atomic E-state index is 12.5. The van der Waals surface area contributed by atoms with E-state index in [1.54, 1.807) is 19.9 Å². The summed E-state index contributed by atoms with van der Waals surface area (Å²) in [6, 6.07) is 1.66. The molecule has 1 aromatic heterocycles. The van der Waals surface area contributed by atoms with Crippen molar-refractivity contribution in [2.45, 2.75) is 32.1 Å². The fourth-order valence-corrected chi connectivity index (χ4v) is 5.39. The van der Waals surface area contributed by atoms with Crippen LogP contribution in [0.4, 0.5) is 0 Å². The molecule has 1 aliphatic rings. The van der Waals surface area contributed by atoms with Crippen LogP contribution in [0.5, 0.6) is 0 Å². The van der Waals surface area contributed by atoms with Crippen molar-refractivity contribution in [3.8, 4) is 0 Å². The number of carboxylic acid groups (broad SMARTS) is 1. The smallest absolute Gasteiger partial charge is 0.310 e. The largest absolute Gasteiger partial charge is 0.481 e. The van der Waals surface area contributed by atoms with E-state index in [-0.39, 0.29) is 13.1 Å². The van der Waals surface area contributed by atoms with Crippen LogP contribution in [-0.4, -0.2) is 36.9 Å². The molecule has 1 unspecified atom stereocenters. The normalized spacial score (nSPS) is 24.8. The number of nitrogens with zero attached hydrogens (tertiary/aromatic N) is 1. The van der Waals surface area contributed by atoms with Crippen molar-refractivity contribution < 1.29 is 18.3 Å². The summed E-state index contributed by atoms with van der Waals surface area (Å²) >= 11 is 1.44. The van der Waals surface area contributed by atoms with Gasteiger partial charge in [0.05, 0.1) is 10.3 Å². The molecule has 2 heterocycles. The standard InChI is InChI=1S/C12H17NO4S2/c1-8-6-10(9(2)18-8)19(16,17)13-5-4-12(3,7-13)11(14)15/h6H,4-5,7H2,1-3H3,(H,14,15). The van der Waals surface area contributed by atoms with Crippen molar-refractivity contribution >= 4 is 27.3 Å². The van der Waals surface area contributed by atoms with Gasteiger partial charge in [0.25, 0.3) is 0 Å². The summed E-state index contributed by atoms with van der Waals surface area (Å²) in [4.78, 5) is 13.2. The lowest BCUT2D eigenvalue weighted by Crippen LogP contribution is -2.34. The Bertz CT molecular complexity index is 620. The average Bonchev–Trinajstić information content (AvgIpc) is 2.84. The van der Waals surface area contributed by atoms with Gasteiger partial charge in [-0.2, -0.15) is 4.31 Å². The number of aryl methyl sites for hydroxylation is 2. The first-order chi connectivity index (χ1) is 8.67. The lowest BCUT2D eigenvalue weighted by atomic mass is 9.90. The van der Waals surface area contributed by atoms with Gasteiger partial charge in [-0.15, -0.1) is 11.3 Å². The third kappa shape index (κ3) is 2.42. The van der Waals surface area contributed by atoms with Crippen LogP contribution in [0.1, 0.15) is 23.1 Å². The molecular weight excluding hydrogens is 286 g/mol. The number of hydrogen-bond donors (Lipinski definition) is 1. The number of sulfonamides is 1. The summed E-state index contributed by atoms with van der Waals surface area (Å²) in [5.74, 6) is -0.941. The molecule has 7 heteroatoms. The van der Waals surface area contributed by atoms with E-state index in [2.05, 4.69) is 0 Å². The molecule has 0 spiro atoms. The summed E-state index contributed by atoms with van der Waals surface area (Å²) in [7, 11) is -3.57. The van der Waals surface area contributed by atoms with E-state index in [0.29, 0.717) is 11.3 Å². The highest BCUT2D eigenvalue weighted by molar-refractivity contribution is 7.89. The molecule has 1 N–H and O–H groups in total. The van der Waals surface area contributed by atoms with Gasteiger partial charge in [0.2, 0.25) is 10.0 Å². The third-order valence-corrected chi connectivity index (χ3v) is 6.63. The van der Waals surface area contributed by atoms with Crippen LogP contribution >= 0.6 is 11.3 Å². The molecule has 0 amide bonds. The molecule has 0 aromatic carbocycles. The first-order valence-electron chi connectivity index (χ1n) is 5.97. The van der Waals surface area contributed by atoms with E-state index < -0.39 is 21.4 Å². The molecule has 106 valence electrons. The fraction of sp³-hybridized carbons (Fsp3) is 0.583. The lowest BCUT2D eigenvalue weighted by Gasteiger charge is -2.19. The maximum absolute atomic E-state index is 12.5. The van der Waals surface area contributed by atoms with Crippen molar-refractivity contribution in [2.75, 3.05) is 13.1 Å². The van der Waals surface area contributed by atoms with Gasteiger partial charge in [-0.25, -0.2) is 8.42 Å². The zero-order valence-electron chi connectivity index (χ0n) is 11.1. The van der Waals surface area contributed by atoms with Crippen LogP contribution in [-0.2, 0) is 14.8 Å². The van der Waals surface area contributed by atoms with E-state index in [4.69, 9.17) is 5.11 Å². The maximum Gasteiger partial charge on any atom is 0.310 e. The average molecular weight is 303 g/mol. The Morgan fingerprint density at radius 3 is 2.53 bits per heavy atom. The summed E-state index contributed by atoms with van der Waals surface area (Å²) in [6.45, 7) is 5.54. The molecule has 2 rings (SSSR count). The van der Waals surface area contributed by atoms with Gasteiger partial charge in [-0.1, -0.05) is 0 Å². The molecule has 1 saturated heterocycles. The zero-order valence-corrected chi connectivity index (χ0v) is 12.8. The highest BCUT2D eigenvalue weighted by atomic mass is 32.2. The van der Waals surface area contributed by atoms with E-state index in [9.17, 15) is 13.2 Å². The zero-order chi connectivity index (χ0) is 14.4. The van der Waals surface area contributed by atoms with Gasteiger partial charge in [0.1, 0.15) is 0 Å². The number of carboxylic acids is 1. The molecule has 1 atom stereocenters. The minimum absolute atomic E-state index is 0.0407. The Labute approximate surface area is 116 Å². The van der Waals surface area contributed by atoms with Gasteiger partial charge in [-0.3, -0.25) is 4.79 Å².